The van der Waals surface area contributed by atoms with E-state index in [1.807, 2.05) is 0 Å². The van der Waals surface area contributed by atoms with Crippen LogP contribution in [-0.2, 0) is 23.9 Å². The summed E-state index contributed by atoms with van der Waals surface area (Å²) in [4.78, 5) is 32.7. The lowest BCUT2D eigenvalue weighted by Crippen LogP contribution is -2.28. The van der Waals surface area contributed by atoms with Crippen molar-refractivity contribution in [3.8, 4) is 0 Å². The molecule has 0 amide bonds. The van der Waals surface area contributed by atoms with E-state index in [0.29, 0.717) is 0 Å². The molecule has 5 heteroatoms. The van der Waals surface area contributed by atoms with Crippen LogP contribution in [0, 0.1) is 5.92 Å². The zero-order chi connectivity index (χ0) is 12.7. The molecule has 0 aromatic carbocycles. The number of ketones is 1. The number of Topliss-reactive ketones (excluding diaryl/α,β-unsaturated/α-hetero) is 1. The van der Waals surface area contributed by atoms with E-state index in [1.165, 1.54) is 13.8 Å². The van der Waals surface area contributed by atoms with Gasteiger partial charge in [0.05, 0.1) is 6.42 Å². The number of hydrogen-bond donors (Lipinski definition) is 0. The Hall–Kier alpha value is -1.39. The fraction of sp³-hybridized carbons (Fsp3) is 0.727. The molecule has 1 unspecified atom stereocenters. The summed E-state index contributed by atoms with van der Waals surface area (Å²) in [5.41, 5.74) is 0. The maximum atomic E-state index is 11.3. The highest BCUT2D eigenvalue weighted by Crippen LogP contribution is 2.10. The highest BCUT2D eigenvalue weighted by molar-refractivity contribution is 5.81. The molecule has 0 aromatic rings. The Bertz CT molecular complexity index is 270. The van der Waals surface area contributed by atoms with Gasteiger partial charge in [-0.3, -0.25) is 9.59 Å². The molecule has 92 valence electrons. The summed E-state index contributed by atoms with van der Waals surface area (Å²) >= 11 is 0. The maximum absolute atomic E-state index is 11.3. The average Bonchev–Trinajstić information content (AvgIpc) is 2.12. The SMILES string of the molecule is CC(=O)CCC(=O)OC(OC(C)=O)C(C)C. The second-order valence-electron chi connectivity index (χ2n) is 3.91. The van der Waals surface area contributed by atoms with E-state index in [9.17, 15) is 14.4 Å². The molecule has 0 N–H and O–H groups in total. The summed E-state index contributed by atoms with van der Waals surface area (Å²) in [5, 5.41) is 0. The van der Waals surface area contributed by atoms with Gasteiger partial charge in [-0.2, -0.15) is 0 Å². The van der Waals surface area contributed by atoms with Crippen molar-refractivity contribution in [2.75, 3.05) is 0 Å². The van der Waals surface area contributed by atoms with Crippen LogP contribution in [0.15, 0.2) is 0 Å². The fourth-order valence-electron chi connectivity index (χ4n) is 0.926. The van der Waals surface area contributed by atoms with Gasteiger partial charge >= 0.3 is 11.9 Å². The first kappa shape index (κ1) is 14.6. The molecule has 0 aromatic heterocycles. The molecule has 5 nitrogen and oxygen atoms in total. The van der Waals surface area contributed by atoms with Crippen molar-refractivity contribution in [1.29, 1.82) is 0 Å². The summed E-state index contributed by atoms with van der Waals surface area (Å²) < 4.78 is 9.76. The number of ether oxygens (including phenoxy) is 2. The van der Waals surface area contributed by atoms with Crippen molar-refractivity contribution in [3.05, 3.63) is 0 Å². The van der Waals surface area contributed by atoms with Crippen molar-refractivity contribution in [3.63, 3.8) is 0 Å². The maximum Gasteiger partial charge on any atom is 0.309 e. The van der Waals surface area contributed by atoms with Gasteiger partial charge in [0.25, 0.3) is 0 Å². The number of carbonyl (C=O) groups excluding carboxylic acids is 3. The third-order valence-corrected chi connectivity index (χ3v) is 1.76. The van der Waals surface area contributed by atoms with Crippen molar-refractivity contribution >= 4 is 17.7 Å². The molecule has 0 spiro atoms. The minimum atomic E-state index is -0.878. The minimum absolute atomic E-state index is 0.0137. The molecule has 0 aliphatic carbocycles. The lowest BCUT2D eigenvalue weighted by atomic mass is 10.2. The molecule has 0 heterocycles. The summed E-state index contributed by atoms with van der Waals surface area (Å²) in [6.07, 6.45) is -0.722. The zero-order valence-corrected chi connectivity index (χ0v) is 10.1. The van der Waals surface area contributed by atoms with Crippen LogP contribution >= 0.6 is 0 Å². The van der Waals surface area contributed by atoms with Crippen molar-refractivity contribution in [2.45, 2.75) is 46.8 Å². The van der Waals surface area contributed by atoms with Crippen molar-refractivity contribution < 1.29 is 23.9 Å². The van der Waals surface area contributed by atoms with E-state index < -0.39 is 18.2 Å². The molecule has 1 atom stereocenters. The van der Waals surface area contributed by atoms with Crippen LogP contribution in [0.1, 0.15) is 40.5 Å². The minimum Gasteiger partial charge on any atom is -0.425 e. The average molecular weight is 230 g/mol. The van der Waals surface area contributed by atoms with Gasteiger partial charge in [-0.25, -0.2) is 0 Å². The predicted molar refractivity (Wildman–Crippen MR) is 56.4 cm³/mol. The van der Waals surface area contributed by atoms with E-state index >= 15 is 0 Å². The van der Waals surface area contributed by atoms with Crippen LogP contribution in [0.3, 0.4) is 0 Å². The van der Waals surface area contributed by atoms with Gasteiger partial charge in [-0.1, -0.05) is 13.8 Å². The Kier molecular flexibility index (Phi) is 6.37. The van der Waals surface area contributed by atoms with Crippen LogP contribution in [0.2, 0.25) is 0 Å². The number of esters is 2. The summed E-state index contributed by atoms with van der Waals surface area (Å²) in [6, 6.07) is 0. The molecule has 0 aliphatic heterocycles. The second kappa shape index (κ2) is 6.98. The lowest BCUT2D eigenvalue weighted by molar-refractivity contribution is -0.194. The van der Waals surface area contributed by atoms with Gasteiger partial charge < -0.3 is 14.3 Å². The third kappa shape index (κ3) is 6.98. The molecule has 0 radical (unpaired) electrons. The van der Waals surface area contributed by atoms with Gasteiger partial charge in [0.2, 0.25) is 6.29 Å². The topological polar surface area (TPSA) is 69.7 Å². The summed E-state index contributed by atoms with van der Waals surface area (Å²) in [6.45, 7) is 6.19. The molecule has 0 bridgehead atoms. The Morgan fingerprint density at radius 3 is 1.94 bits per heavy atom. The highest BCUT2D eigenvalue weighted by Gasteiger charge is 2.21. The van der Waals surface area contributed by atoms with Gasteiger partial charge in [-0.15, -0.1) is 0 Å². The molecule has 0 saturated carbocycles. The van der Waals surface area contributed by atoms with Crippen LogP contribution in [0.25, 0.3) is 0 Å². The Morgan fingerprint density at radius 1 is 1.00 bits per heavy atom. The fourth-order valence-corrected chi connectivity index (χ4v) is 0.926. The number of rotatable bonds is 6. The van der Waals surface area contributed by atoms with Crippen molar-refractivity contribution in [1.82, 2.24) is 0 Å². The van der Waals surface area contributed by atoms with E-state index in [2.05, 4.69) is 0 Å². The summed E-state index contributed by atoms with van der Waals surface area (Å²) in [7, 11) is 0. The normalized spacial score (nSPS) is 12.1. The lowest BCUT2D eigenvalue weighted by Gasteiger charge is -2.20. The van der Waals surface area contributed by atoms with E-state index in [4.69, 9.17) is 9.47 Å². The smallest absolute Gasteiger partial charge is 0.309 e. The summed E-state index contributed by atoms with van der Waals surface area (Å²) in [5.74, 6) is -1.23. The van der Waals surface area contributed by atoms with E-state index in [1.54, 1.807) is 13.8 Å². The molecule has 0 fully saturated rings. The first-order valence-electron chi connectivity index (χ1n) is 5.19. The van der Waals surface area contributed by atoms with E-state index in [-0.39, 0.29) is 24.5 Å². The van der Waals surface area contributed by atoms with Crippen LogP contribution in [0.4, 0.5) is 0 Å². The van der Waals surface area contributed by atoms with Crippen LogP contribution in [0.5, 0.6) is 0 Å². The van der Waals surface area contributed by atoms with E-state index in [0.717, 1.165) is 0 Å². The molecule has 0 saturated heterocycles. The molecular weight excluding hydrogens is 212 g/mol. The first-order valence-corrected chi connectivity index (χ1v) is 5.19. The third-order valence-electron chi connectivity index (χ3n) is 1.76. The quantitative estimate of drug-likeness (QED) is 0.510. The van der Waals surface area contributed by atoms with Gasteiger partial charge in [0.15, 0.2) is 0 Å². The number of carbonyl (C=O) groups is 3. The van der Waals surface area contributed by atoms with Gasteiger partial charge in [-0.05, 0) is 6.92 Å². The Morgan fingerprint density at radius 2 is 1.56 bits per heavy atom. The van der Waals surface area contributed by atoms with Gasteiger partial charge in [0.1, 0.15) is 5.78 Å². The van der Waals surface area contributed by atoms with Crippen LogP contribution < -0.4 is 0 Å². The van der Waals surface area contributed by atoms with Crippen molar-refractivity contribution in [2.24, 2.45) is 5.92 Å². The molecule has 0 rings (SSSR count). The predicted octanol–water partition coefficient (Wildman–Crippen LogP) is 1.44. The Balaban J connectivity index is 4.13. The monoisotopic (exact) mass is 230 g/mol. The second-order valence-corrected chi connectivity index (χ2v) is 3.91. The molecular formula is C11H18O5. The first-order chi connectivity index (χ1) is 7.32. The van der Waals surface area contributed by atoms with Crippen LogP contribution in [-0.4, -0.2) is 24.0 Å². The highest BCUT2D eigenvalue weighted by atomic mass is 16.7. The standard InChI is InChI=1S/C11H18O5/c1-7(2)11(15-9(4)13)16-10(14)6-5-8(3)12/h7,11H,5-6H2,1-4H3. The Labute approximate surface area is 95.1 Å². The largest absolute Gasteiger partial charge is 0.425 e. The zero-order valence-electron chi connectivity index (χ0n) is 10.1. The molecule has 16 heavy (non-hydrogen) atoms. The van der Waals surface area contributed by atoms with Gasteiger partial charge in [0, 0.05) is 19.3 Å². The number of hydrogen-bond acceptors (Lipinski definition) is 5. The molecule has 0 aliphatic rings.